The van der Waals surface area contributed by atoms with E-state index in [-0.39, 0.29) is 29.4 Å². The van der Waals surface area contributed by atoms with Crippen LogP contribution in [0.3, 0.4) is 0 Å². The van der Waals surface area contributed by atoms with E-state index in [2.05, 4.69) is 30.5 Å². The van der Waals surface area contributed by atoms with Crippen molar-refractivity contribution in [3.05, 3.63) is 58.9 Å². The molecular weight excluding hydrogens is 472 g/mol. The van der Waals surface area contributed by atoms with Gasteiger partial charge in [0.25, 0.3) is 11.4 Å². The van der Waals surface area contributed by atoms with Crippen LogP contribution in [0.5, 0.6) is 0 Å². The summed E-state index contributed by atoms with van der Waals surface area (Å²) < 4.78 is 8.92. The standard InChI is InChI=1S/C25H26N10O2/c1-4-17(31-22-20(21(26)27-12-28-22)24-30-13(2)33-37-24)23-32-18-7-5-6-16(14-10-29-34(3)11-14)19(18)25(36)35(23)15-8-9-15/h5-7,10-12,15,17H,4,8-9H2,1-3H3,(H3,26,27,28,31). The first-order valence-corrected chi connectivity index (χ1v) is 12.2. The summed E-state index contributed by atoms with van der Waals surface area (Å²) in [7, 11) is 1.86. The van der Waals surface area contributed by atoms with Gasteiger partial charge in [0.1, 0.15) is 29.4 Å². The van der Waals surface area contributed by atoms with Crippen molar-refractivity contribution in [2.24, 2.45) is 7.05 Å². The zero-order valence-corrected chi connectivity index (χ0v) is 20.7. The van der Waals surface area contributed by atoms with Gasteiger partial charge in [0.15, 0.2) is 5.82 Å². The minimum Gasteiger partial charge on any atom is -0.383 e. The number of nitrogens with one attached hydrogen (secondary N) is 1. The molecule has 1 unspecified atom stereocenters. The molecule has 3 N–H and O–H groups in total. The largest absolute Gasteiger partial charge is 0.383 e. The molecule has 1 saturated carbocycles. The number of hydrogen-bond acceptors (Lipinski definition) is 10. The highest BCUT2D eigenvalue weighted by molar-refractivity contribution is 5.93. The molecule has 0 amide bonds. The minimum absolute atomic E-state index is 0.0582. The number of aryl methyl sites for hydroxylation is 2. The normalized spacial score (nSPS) is 14.2. The lowest BCUT2D eigenvalue weighted by molar-refractivity contribution is 0.425. The molecule has 5 aromatic rings. The second-order valence-electron chi connectivity index (χ2n) is 9.21. The molecule has 37 heavy (non-hydrogen) atoms. The molecule has 12 heteroatoms. The van der Waals surface area contributed by atoms with Crippen molar-refractivity contribution in [1.29, 1.82) is 0 Å². The number of hydrogen-bond donors (Lipinski definition) is 2. The van der Waals surface area contributed by atoms with Gasteiger partial charge in [-0.3, -0.25) is 14.0 Å². The van der Waals surface area contributed by atoms with Crippen molar-refractivity contribution in [2.45, 2.75) is 45.2 Å². The zero-order valence-electron chi connectivity index (χ0n) is 20.7. The third kappa shape index (κ3) is 3.99. The number of nitrogens with zero attached hydrogens (tertiary/aromatic N) is 8. The highest BCUT2D eigenvalue weighted by atomic mass is 16.5. The molecule has 0 radical (unpaired) electrons. The van der Waals surface area contributed by atoms with Gasteiger partial charge in [-0.25, -0.2) is 15.0 Å². The summed E-state index contributed by atoms with van der Waals surface area (Å²) >= 11 is 0. The first-order chi connectivity index (χ1) is 17.9. The molecule has 1 fully saturated rings. The van der Waals surface area contributed by atoms with E-state index in [1.165, 1.54) is 6.33 Å². The van der Waals surface area contributed by atoms with Gasteiger partial charge < -0.3 is 15.6 Å². The molecule has 1 aliphatic carbocycles. The molecule has 188 valence electrons. The number of rotatable bonds is 7. The Morgan fingerprint density at radius 2 is 2.08 bits per heavy atom. The molecular formula is C25H26N10O2. The summed E-state index contributed by atoms with van der Waals surface area (Å²) in [5.74, 6) is 1.99. The Balaban J connectivity index is 1.50. The van der Waals surface area contributed by atoms with Gasteiger partial charge in [-0.05, 0) is 37.8 Å². The van der Waals surface area contributed by atoms with Gasteiger partial charge >= 0.3 is 0 Å². The SMILES string of the molecule is CCC(Nc1ncnc(N)c1-c1nc(C)no1)c1nc2cccc(-c3cnn(C)c3)c2c(=O)n1C1CC1. The quantitative estimate of drug-likeness (QED) is 0.341. The van der Waals surface area contributed by atoms with E-state index >= 15 is 0 Å². The van der Waals surface area contributed by atoms with Crippen molar-refractivity contribution in [3.8, 4) is 22.6 Å². The number of nitrogen functional groups attached to an aromatic ring is 1. The van der Waals surface area contributed by atoms with E-state index in [4.69, 9.17) is 15.2 Å². The maximum absolute atomic E-state index is 14.0. The molecule has 0 aliphatic heterocycles. The first kappa shape index (κ1) is 22.8. The maximum Gasteiger partial charge on any atom is 0.265 e. The third-order valence-electron chi connectivity index (χ3n) is 6.53. The van der Waals surface area contributed by atoms with Crippen LogP contribution in [0.1, 0.15) is 49.9 Å². The Bertz CT molecular complexity index is 1680. The van der Waals surface area contributed by atoms with Crippen molar-refractivity contribution in [3.63, 3.8) is 0 Å². The predicted molar refractivity (Wildman–Crippen MR) is 138 cm³/mol. The molecule has 0 saturated heterocycles. The van der Waals surface area contributed by atoms with E-state index in [0.29, 0.717) is 40.4 Å². The smallest absolute Gasteiger partial charge is 0.265 e. The molecule has 12 nitrogen and oxygen atoms in total. The molecule has 0 bridgehead atoms. The Morgan fingerprint density at radius 1 is 1.24 bits per heavy atom. The zero-order chi connectivity index (χ0) is 25.7. The molecule has 4 aromatic heterocycles. The summed E-state index contributed by atoms with van der Waals surface area (Å²) in [6.07, 6.45) is 7.54. The predicted octanol–water partition coefficient (Wildman–Crippen LogP) is 3.43. The van der Waals surface area contributed by atoms with Gasteiger partial charge in [0.2, 0.25) is 0 Å². The first-order valence-electron chi connectivity index (χ1n) is 12.2. The van der Waals surface area contributed by atoms with E-state index < -0.39 is 0 Å². The molecule has 1 atom stereocenters. The maximum atomic E-state index is 14.0. The summed E-state index contributed by atoms with van der Waals surface area (Å²) in [6, 6.07) is 5.50. The summed E-state index contributed by atoms with van der Waals surface area (Å²) in [5, 5.41) is 12.2. The number of benzene rings is 1. The van der Waals surface area contributed by atoms with Crippen LogP contribution in [-0.4, -0.2) is 39.4 Å². The van der Waals surface area contributed by atoms with Crippen LogP contribution in [0.4, 0.5) is 11.6 Å². The lowest BCUT2D eigenvalue weighted by Gasteiger charge is -2.23. The fourth-order valence-electron chi connectivity index (χ4n) is 4.62. The van der Waals surface area contributed by atoms with Crippen LogP contribution in [0.15, 0.2) is 46.2 Å². The van der Waals surface area contributed by atoms with Gasteiger partial charge in [-0.1, -0.05) is 24.2 Å². The van der Waals surface area contributed by atoms with Crippen molar-refractivity contribution < 1.29 is 4.52 Å². The van der Waals surface area contributed by atoms with Gasteiger partial charge in [0.05, 0.1) is 23.1 Å². The fourth-order valence-corrected chi connectivity index (χ4v) is 4.62. The molecule has 1 aliphatic rings. The van der Waals surface area contributed by atoms with Gasteiger partial charge in [-0.2, -0.15) is 10.1 Å². The summed E-state index contributed by atoms with van der Waals surface area (Å²) in [6.45, 7) is 3.75. The molecule has 1 aromatic carbocycles. The van der Waals surface area contributed by atoms with Crippen LogP contribution < -0.4 is 16.6 Å². The highest BCUT2D eigenvalue weighted by Crippen LogP contribution is 2.38. The second kappa shape index (κ2) is 8.80. The summed E-state index contributed by atoms with van der Waals surface area (Å²) in [5.41, 5.74) is 8.87. The van der Waals surface area contributed by atoms with E-state index in [0.717, 1.165) is 24.0 Å². The topological polar surface area (TPSA) is 155 Å². The van der Waals surface area contributed by atoms with Crippen molar-refractivity contribution >= 4 is 22.5 Å². The molecule has 6 rings (SSSR count). The van der Waals surface area contributed by atoms with Gasteiger partial charge in [0, 0.05) is 24.8 Å². The van der Waals surface area contributed by atoms with Crippen LogP contribution in [0, 0.1) is 6.92 Å². The molecule has 4 heterocycles. The second-order valence-corrected chi connectivity index (χ2v) is 9.21. The number of nitrogens with two attached hydrogens (primary N) is 1. The van der Waals surface area contributed by atoms with E-state index in [1.807, 2.05) is 42.9 Å². The third-order valence-corrected chi connectivity index (χ3v) is 6.53. The average molecular weight is 499 g/mol. The monoisotopic (exact) mass is 498 g/mol. The number of aromatic nitrogens is 8. The molecule has 0 spiro atoms. The fraction of sp³-hybridized carbons (Fsp3) is 0.320. The van der Waals surface area contributed by atoms with Crippen LogP contribution >= 0.6 is 0 Å². The number of fused-ring (bicyclic) bond motifs is 1. The summed E-state index contributed by atoms with van der Waals surface area (Å²) in [4.78, 5) is 31.9. The van der Waals surface area contributed by atoms with Crippen LogP contribution in [-0.2, 0) is 7.05 Å². The highest BCUT2D eigenvalue weighted by Gasteiger charge is 2.32. The lowest BCUT2D eigenvalue weighted by Crippen LogP contribution is -2.29. The van der Waals surface area contributed by atoms with E-state index in [1.54, 1.807) is 17.8 Å². The Hall–Kier alpha value is -4.61. The number of anilines is 2. The van der Waals surface area contributed by atoms with Crippen LogP contribution in [0.25, 0.3) is 33.5 Å². The minimum atomic E-state index is -0.336. The van der Waals surface area contributed by atoms with E-state index in [9.17, 15) is 4.79 Å². The Morgan fingerprint density at radius 3 is 2.76 bits per heavy atom. The van der Waals surface area contributed by atoms with Crippen molar-refractivity contribution in [1.82, 2.24) is 39.4 Å². The Labute approximate surface area is 211 Å². The average Bonchev–Trinajstić information content (AvgIpc) is 3.48. The lowest BCUT2D eigenvalue weighted by atomic mass is 10.0. The Kier molecular flexibility index (Phi) is 5.43. The van der Waals surface area contributed by atoms with Crippen LogP contribution in [0.2, 0.25) is 0 Å². The van der Waals surface area contributed by atoms with Crippen molar-refractivity contribution in [2.75, 3.05) is 11.1 Å². The van der Waals surface area contributed by atoms with Gasteiger partial charge in [-0.15, -0.1) is 0 Å².